The van der Waals surface area contributed by atoms with Crippen molar-refractivity contribution in [2.75, 3.05) is 20.8 Å². The van der Waals surface area contributed by atoms with Crippen LogP contribution in [0.2, 0.25) is 10.0 Å². The van der Waals surface area contributed by atoms with Gasteiger partial charge in [-0.15, -0.1) is 0 Å². The lowest BCUT2D eigenvalue weighted by Crippen LogP contribution is -2.15. The number of ether oxygens (including phenoxy) is 3. The quantitative estimate of drug-likeness (QED) is 0.211. The number of carbonyl (C=O) groups excluding carboxylic acids is 2. The van der Waals surface area contributed by atoms with E-state index in [4.69, 9.17) is 37.4 Å². The zero-order valence-electron chi connectivity index (χ0n) is 17.6. The van der Waals surface area contributed by atoms with Gasteiger partial charge in [0.1, 0.15) is 17.3 Å². The van der Waals surface area contributed by atoms with E-state index in [-0.39, 0.29) is 6.61 Å². The minimum absolute atomic E-state index is 0.0496. The van der Waals surface area contributed by atoms with Crippen LogP contribution in [0.3, 0.4) is 0 Å². The fourth-order valence-corrected chi connectivity index (χ4v) is 3.73. The van der Waals surface area contributed by atoms with Crippen molar-refractivity contribution in [2.45, 2.75) is 13.5 Å². The molecule has 1 N–H and O–H groups in total. The molecule has 0 aliphatic rings. The standard InChI is InChI=1S/C23H21Cl2NO6/c1-4-32-23(29)20(28)10-19(27)16-12-26(11-13-5-6-14(24)7-17(13)25)18-8-15(30-2)9-21(31-3)22(16)18/h5-10,12,27H,4,11H2,1-3H3. The summed E-state index contributed by atoms with van der Waals surface area (Å²) in [5.41, 5.74) is 1.74. The van der Waals surface area contributed by atoms with Gasteiger partial charge >= 0.3 is 5.97 Å². The molecule has 1 aromatic heterocycles. The molecule has 0 saturated heterocycles. The normalized spacial score (nSPS) is 11.5. The molecule has 0 aliphatic heterocycles. The number of benzene rings is 2. The molecule has 168 valence electrons. The van der Waals surface area contributed by atoms with Crippen LogP contribution in [0.4, 0.5) is 0 Å². The lowest BCUT2D eigenvalue weighted by atomic mass is 10.1. The zero-order valence-corrected chi connectivity index (χ0v) is 19.2. The van der Waals surface area contributed by atoms with E-state index in [1.807, 2.05) is 4.57 Å². The van der Waals surface area contributed by atoms with Gasteiger partial charge in [-0.05, 0) is 24.6 Å². The van der Waals surface area contributed by atoms with Gasteiger partial charge in [-0.25, -0.2) is 4.79 Å². The van der Waals surface area contributed by atoms with Gasteiger partial charge in [0.15, 0.2) is 0 Å². The van der Waals surface area contributed by atoms with Crippen LogP contribution in [0.5, 0.6) is 11.5 Å². The van der Waals surface area contributed by atoms with E-state index < -0.39 is 17.5 Å². The van der Waals surface area contributed by atoms with Gasteiger partial charge in [0.05, 0.1) is 31.7 Å². The molecule has 0 radical (unpaired) electrons. The second-order valence-corrected chi connectivity index (χ2v) is 7.59. The molecule has 2 aromatic carbocycles. The second kappa shape index (κ2) is 9.97. The Morgan fingerprint density at radius 3 is 2.50 bits per heavy atom. The summed E-state index contributed by atoms with van der Waals surface area (Å²) in [7, 11) is 3.01. The fraction of sp³-hybridized carbons (Fsp3) is 0.217. The van der Waals surface area contributed by atoms with E-state index in [9.17, 15) is 14.7 Å². The number of fused-ring (bicyclic) bond motifs is 1. The Bertz CT molecular complexity index is 1210. The van der Waals surface area contributed by atoms with E-state index in [1.165, 1.54) is 14.2 Å². The molecule has 0 fully saturated rings. The molecule has 0 bridgehead atoms. The van der Waals surface area contributed by atoms with Gasteiger partial charge in [0.2, 0.25) is 0 Å². The molecule has 0 unspecified atom stereocenters. The van der Waals surface area contributed by atoms with E-state index >= 15 is 0 Å². The van der Waals surface area contributed by atoms with Crippen molar-refractivity contribution in [1.82, 2.24) is 4.57 Å². The summed E-state index contributed by atoms with van der Waals surface area (Å²) in [6.45, 7) is 1.97. The van der Waals surface area contributed by atoms with Gasteiger partial charge in [-0.1, -0.05) is 29.3 Å². The molecule has 3 aromatic rings. The molecule has 3 rings (SSSR count). The number of carbonyl (C=O) groups is 2. The first kappa shape index (κ1) is 23.5. The van der Waals surface area contributed by atoms with Crippen LogP contribution in [0.1, 0.15) is 18.1 Å². The maximum absolute atomic E-state index is 12.1. The summed E-state index contributed by atoms with van der Waals surface area (Å²) in [4.78, 5) is 23.8. The number of aliphatic hydroxyl groups is 1. The number of esters is 1. The summed E-state index contributed by atoms with van der Waals surface area (Å²) in [5.74, 6) is -1.48. The lowest BCUT2D eigenvalue weighted by Gasteiger charge is -2.11. The molecule has 0 atom stereocenters. The number of halogens is 2. The van der Waals surface area contributed by atoms with E-state index in [0.717, 1.165) is 11.6 Å². The highest BCUT2D eigenvalue weighted by Gasteiger charge is 2.21. The maximum Gasteiger partial charge on any atom is 0.379 e. The molecule has 0 aliphatic carbocycles. The molecule has 1 heterocycles. The fourth-order valence-electron chi connectivity index (χ4n) is 3.26. The summed E-state index contributed by atoms with van der Waals surface area (Å²) < 4.78 is 17.4. The van der Waals surface area contributed by atoms with Gasteiger partial charge in [-0.3, -0.25) is 4.79 Å². The average molecular weight is 478 g/mol. The molecule has 0 saturated carbocycles. The average Bonchev–Trinajstić information content (AvgIpc) is 3.13. The van der Waals surface area contributed by atoms with Crippen molar-refractivity contribution in [3.63, 3.8) is 0 Å². The topological polar surface area (TPSA) is 87.0 Å². The maximum atomic E-state index is 12.1. The first-order valence-corrected chi connectivity index (χ1v) is 10.4. The van der Waals surface area contributed by atoms with Crippen LogP contribution >= 0.6 is 23.2 Å². The Morgan fingerprint density at radius 1 is 1.12 bits per heavy atom. The number of methoxy groups -OCH3 is 2. The highest BCUT2D eigenvalue weighted by atomic mass is 35.5. The smallest absolute Gasteiger partial charge is 0.379 e. The largest absolute Gasteiger partial charge is 0.507 e. The van der Waals surface area contributed by atoms with Gasteiger partial charge in [0, 0.05) is 46.6 Å². The van der Waals surface area contributed by atoms with E-state index in [0.29, 0.717) is 44.6 Å². The highest BCUT2D eigenvalue weighted by Crippen LogP contribution is 2.38. The number of aliphatic hydroxyl groups excluding tert-OH is 1. The molecule has 32 heavy (non-hydrogen) atoms. The predicted octanol–water partition coefficient (Wildman–Crippen LogP) is 5.04. The van der Waals surface area contributed by atoms with Crippen LogP contribution in [-0.2, 0) is 20.9 Å². The molecule has 7 nitrogen and oxygen atoms in total. The van der Waals surface area contributed by atoms with E-state index in [1.54, 1.807) is 43.5 Å². The summed E-state index contributed by atoms with van der Waals surface area (Å²) >= 11 is 12.3. The first-order valence-electron chi connectivity index (χ1n) is 9.59. The molecular formula is C23H21Cl2NO6. The second-order valence-electron chi connectivity index (χ2n) is 6.74. The molecule has 9 heteroatoms. The minimum Gasteiger partial charge on any atom is -0.507 e. The summed E-state index contributed by atoms with van der Waals surface area (Å²) in [6.07, 6.45) is 2.47. The first-order chi connectivity index (χ1) is 15.3. The van der Waals surface area contributed by atoms with Crippen molar-refractivity contribution in [1.29, 1.82) is 0 Å². The third kappa shape index (κ3) is 4.84. The van der Waals surface area contributed by atoms with Gasteiger partial charge < -0.3 is 23.9 Å². The summed E-state index contributed by atoms with van der Waals surface area (Å²) in [6, 6.07) is 8.60. The van der Waals surface area contributed by atoms with Crippen molar-refractivity contribution < 1.29 is 28.9 Å². The van der Waals surface area contributed by atoms with Crippen molar-refractivity contribution >= 4 is 51.6 Å². The van der Waals surface area contributed by atoms with Gasteiger partial charge in [-0.2, -0.15) is 0 Å². The number of rotatable bonds is 8. The Labute approximate surface area is 194 Å². The number of hydrogen-bond donors (Lipinski definition) is 1. The Hall–Kier alpha value is -3.16. The van der Waals surface area contributed by atoms with Crippen LogP contribution in [-0.4, -0.2) is 42.3 Å². The summed E-state index contributed by atoms with van der Waals surface area (Å²) in [5, 5.41) is 12.2. The highest BCUT2D eigenvalue weighted by molar-refractivity contribution is 6.39. The Morgan fingerprint density at radius 2 is 1.88 bits per heavy atom. The number of nitrogens with zero attached hydrogens (tertiary/aromatic N) is 1. The third-order valence-electron chi connectivity index (χ3n) is 4.75. The lowest BCUT2D eigenvalue weighted by molar-refractivity contribution is -0.151. The van der Waals surface area contributed by atoms with Crippen LogP contribution < -0.4 is 9.47 Å². The van der Waals surface area contributed by atoms with Crippen LogP contribution in [0.25, 0.3) is 16.7 Å². The van der Waals surface area contributed by atoms with Crippen molar-refractivity contribution in [3.8, 4) is 11.5 Å². The zero-order chi connectivity index (χ0) is 23.4. The SMILES string of the molecule is CCOC(=O)C(=O)C=C(O)c1cn(Cc2ccc(Cl)cc2Cl)c2cc(OC)cc(OC)c12. The number of ketones is 1. The van der Waals surface area contributed by atoms with Gasteiger partial charge in [0.25, 0.3) is 5.78 Å². The molecular weight excluding hydrogens is 457 g/mol. The molecule has 0 amide bonds. The van der Waals surface area contributed by atoms with E-state index in [2.05, 4.69) is 0 Å². The number of hydrogen-bond acceptors (Lipinski definition) is 6. The van der Waals surface area contributed by atoms with Crippen molar-refractivity contribution in [3.05, 3.63) is 63.8 Å². The Balaban J connectivity index is 2.18. The minimum atomic E-state index is -1.05. The predicted molar refractivity (Wildman–Crippen MR) is 123 cm³/mol. The Kier molecular flexibility index (Phi) is 7.33. The number of aromatic nitrogens is 1. The van der Waals surface area contributed by atoms with Crippen LogP contribution in [0, 0.1) is 0 Å². The van der Waals surface area contributed by atoms with Crippen LogP contribution in [0.15, 0.2) is 42.6 Å². The van der Waals surface area contributed by atoms with Crippen molar-refractivity contribution in [2.24, 2.45) is 0 Å². The monoisotopic (exact) mass is 477 g/mol. The third-order valence-corrected chi connectivity index (χ3v) is 5.34. The molecule has 0 spiro atoms.